The third-order valence-electron chi connectivity index (χ3n) is 8.58. The molecule has 1 aromatic carbocycles. The van der Waals surface area contributed by atoms with Gasteiger partial charge in [-0.2, -0.15) is 20.3 Å². The Kier molecular flexibility index (Phi) is 7.33. The van der Waals surface area contributed by atoms with Gasteiger partial charge >= 0.3 is 6.01 Å². The predicted molar refractivity (Wildman–Crippen MR) is 151 cm³/mol. The van der Waals surface area contributed by atoms with Gasteiger partial charge in [0.25, 0.3) is 0 Å². The number of benzene rings is 1. The average Bonchev–Trinajstić information content (AvgIpc) is 3.56. The number of nitrogens with one attached hydrogen (secondary N) is 2. The van der Waals surface area contributed by atoms with Crippen molar-refractivity contribution in [2.75, 3.05) is 51.8 Å². The second-order valence-electron chi connectivity index (χ2n) is 11.2. The van der Waals surface area contributed by atoms with E-state index in [1.54, 1.807) is 0 Å². The van der Waals surface area contributed by atoms with Gasteiger partial charge in [-0.05, 0) is 57.6 Å². The van der Waals surface area contributed by atoms with E-state index in [4.69, 9.17) is 26.3 Å². The number of hydrogen-bond donors (Lipinski definition) is 2. The van der Waals surface area contributed by atoms with Gasteiger partial charge in [0.1, 0.15) is 12.4 Å². The van der Waals surface area contributed by atoms with Gasteiger partial charge in [-0.25, -0.2) is 0 Å². The van der Waals surface area contributed by atoms with E-state index in [2.05, 4.69) is 56.4 Å². The molecule has 2 aromatic heterocycles. The second-order valence-corrected chi connectivity index (χ2v) is 11.6. The van der Waals surface area contributed by atoms with E-state index >= 15 is 0 Å². The van der Waals surface area contributed by atoms with E-state index in [9.17, 15) is 5.26 Å². The molecule has 0 bridgehead atoms. The number of aromatic nitrogens is 4. The number of H-pyrrole nitrogens is 1. The van der Waals surface area contributed by atoms with Crippen LogP contribution in [0.3, 0.4) is 0 Å². The molecule has 206 valence electrons. The maximum Gasteiger partial charge on any atom is 0.318 e. The number of rotatable bonds is 6. The monoisotopic (exact) mass is 549 g/mol. The maximum absolute atomic E-state index is 9.30. The molecule has 0 aliphatic carbocycles. The number of piperazine rings is 1. The minimum Gasteiger partial charge on any atom is -0.462 e. The Balaban J connectivity index is 1.38. The zero-order valence-corrected chi connectivity index (χ0v) is 23.6. The summed E-state index contributed by atoms with van der Waals surface area (Å²) in [6, 6.07) is 5.33. The third-order valence-corrected chi connectivity index (χ3v) is 9.08. The Morgan fingerprint density at radius 1 is 1.23 bits per heavy atom. The fourth-order valence-electron chi connectivity index (χ4n) is 6.36. The quantitative estimate of drug-likeness (QED) is 0.479. The number of hydrogen-bond acceptors (Lipinski definition) is 9. The average molecular weight is 550 g/mol. The zero-order chi connectivity index (χ0) is 27.1. The second kappa shape index (κ2) is 10.9. The molecule has 39 heavy (non-hydrogen) atoms. The summed E-state index contributed by atoms with van der Waals surface area (Å²) in [6.45, 7) is 6.77. The highest BCUT2D eigenvalue weighted by Crippen LogP contribution is 2.42. The van der Waals surface area contributed by atoms with Crippen molar-refractivity contribution in [3.05, 3.63) is 39.7 Å². The molecule has 0 spiro atoms. The first-order valence-corrected chi connectivity index (χ1v) is 14.2. The number of aromatic amines is 1. The van der Waals surface area contributed by atoms with Crippen molar-refractivity contribution >= 4 is 28.3 Å². The predicted octanol–water partition coefficient (Wildman–Crippen LogP) is 3.21. The van der Waals surface area contributed by atoms with E-state index in [1.807, 2.05) is 13.1 Å². The summed E-state index contributed by atoms with van der Waals surface area (Å²) < 4.78 is 6.29. The molecule has 0 radical (unpaired) electrons. The van der Waals surface area contributed by atoms with Crippen molar-refractivity contribution in [3.8, 4) is 12.1 Å². The lowest BCUT2D eigenvalue weighted by molar-refractivity contribution is 0.183. The summed E-state index contributed by atoms with van der Waals surface area (Å²) in [7, 11) is 4.29. The summed E-state index contributed by atoms with van der Waals surface area (Å²) in [5.41, 5.74) is 5.23. The molecule has 10 nitrogen and oxygen atoms in total. The molecular weight excluding hydrogens is 514 g/mol. The van der Waals surface area contributed by atoms with Crippen LogP contribution in [0.1, 0.15) is 47.7 Å². The fraction of sp³-hybridized carbons (Fsp3) is 0.571. The number of likely N-dealkylation sites (N-methyl/N-ethyl adjacent to an activating group) is 2. The number of nitrogens with zero attached hydrogens (tertiary/aromatic N) is 7. The van der Waals surface area contributed by atoms with Gasteiger partial charge in [0.2, 0.25) is 0 Å². The van der Waals surface area contributed by atoms with Crippen LogP contribution in [0.25, 0.3) is 10.9 Å². The summed E-state index contributed by atoms with van der Waals surface area (Å²) >= 11 is 6.95. The Hall–Kier alpha value is -2.97. The Labute approximate surface area is 234 Å². The topological polar surface area (TPSA) is 109 Å². The Morgan fingerprint density at radius 2 is 2.10 bits per heavy atom. The molecule has 2 fully saturated rings. The van der Waals surface area contributed by atoms with Crippen LogP contribution < -0.4 is 15.0 Å². The molecule has 3 aliphatic heterocycles. The number of nitriles is 1. The van der Waals surface area contributed by atoms with Crippen molar-refractivity contribution in [1.82, 2.24) is 35.3 Å². The zero-order valence-electron chi connectivity index (χ0n) is 22.9. The molecule has 11 heteroatoms. The van der Waals surface area contributed by atoms with E-state index in [1.165, 1.54) is 6.42 Å². The van der Waals surface area contributed by atoms with Crippen molar-refractivity contribution in [1.29, 1.82) is 5.26 Å². The van der Waals surface area contributed by atoms with Gasteiger partial charge in [-0.15, -0.1) is 0 Å². The normalized spacial score (nSPS) is 24.2. The molecular formula is C28H36ClN9O. The van der Waals surface area contributed by atoms with Crippen LogP contribution in [-0.4, -0.2) is 88.9 Å². The molecule has 3 aliphatic rings. The van der Waals surface area contributed by atoms with Crippen LogP contribution in [0.2, 0.25) is 5.02 Å². The van der Waals surface area contributed by atoms with Gasteiger partial charge in [-0.1, -0.05) is 11.6 Å². The SMILES string of the molecule is Cc1cc2[nH]ncc2c(C2Cc3nc(OC[C@@H]4CCCN4C)nc(N4CCN[C@@H](CC#N)C4)c3CN2C)c1Cl. The molecule has 5 heterocycles. The number of fused-ring (bicyclic) bond motifs is 2. The molecule has 3 atom stereocenters. The van der Waals surface area contributed by atoms with Gasteiger partial charge in [0.05, 0.1) is 29.9 Å². The number of anilines is 1. The number of aryl methyl sites for hydroxylation is 1. The van der Waals surface area contributed by atoms with Crippen LogP contribution >= 0.6 is 11.6 Å². The van der Waals surface area contributed by atoms with E-state index in [0.717, 1.165) is 76.7 Å². The van der Waals surface area contributed by atoms with Crippen molar-refractivity contribution in [2.45, 2.75) is 57.3 Å². The summed E-state index contributed by atoms with van der Waals surface area (Å²) in [4.78, 5) is 17.0. The first-order valence-electron chi connectivity index (χ1n) is 13.8. The smallest absolute Gasteiger partial charge is 0.318 e. The van der Waals surface area contributed by atoms with Crippen LogP contribution in [0.5, 0.6) is 6.01 Å². The van der Waals surface area contributed by atoms with Crippen LogP contribution in [-0.2, 0) is 13.0 Å². The van der Waals surface area contributed by atoms with Gasteiger partial charge < -0.3 is 19.9 Å². The molecule has 2 saturated heterocycles. The molecule has 1 unspecified atom stereocenters. The summed E-state index contributed by atoms with van der Waals surface area (Å²) in [6.07, 6.45) is 5.35. The maximum atomic E-state index is 9.30. The van der Waals surface area contributed by atoms with E-state index < -0.39 is 0 Å². The lowest BCUT2D eigenvalue weighted by atomic mass is 9.90. The van der Waals surface area contributed by atoms with Crippen LogP contribution in [0.4, 0.5) is 5.82 Å². The third kappa shape index (κ3) is 5.05. The molecule has 2 N–H and O–H groups in total. The minimum atomic E-state index is 0.0379. The van der Waals surface area contributed by atoms with E-state index in [-0.39, 0.29) is 12.1 Å². The highest BCUT2D eigenvalue weighted by Gasteiger charge is 2.34. The molecule has 0 amide bonds. The van der Waals surface area contributed by atoms with Crippen LogP contribution in [0, 0.1) is 18.3 Å². The van der Waals surface area contributed by atoms with Crippen LogP contribution in [0.15, 0.2) is 12.3 Å². The summed E-state index contributed by atoms with van der Waals surface area (Å²) in [5.74, 6) is 0.924. The van der Waals surface area contributed by atoms with Gasteiger partial charge in [0, 0.05) is 66.7 Å². The molecule has 3 aromatic rings. The lowest BCUT2D eigenvalue weighted by Crippen LogP contribution is -2.51. The first kappa shape index (κ1) is 26.3. The number of likely N-dealkylation sites (tertiary alicyclic amines) is 1. The highest BCUT2D eigenvalue weighted by molar-refractivity contribution is 6.33. The standard InChI is InChI=1S/C28H36ClN9O/c1-17-11-23-20(13-32-35-23)25(26(17)29)24-12-22-21(15-37(24)3)27(38-10-8-31-18(14-38)6-7-30)34-28(33-22)39-16-19-5-4-9-36(19)2/h11,13,18-19,24,31H,4-6,8-10,12,14-16H2,1-3H3,(H,32,35)/t18-,19-,24?/m0/s1. The minimum absolute atomic E-state index is 0.0379. The Morgan fingerprint density at radius 3 is 2.90 bits per heavy atom. The molecule has 0 saturated carbocycles. The first-order chi connectivity index (χ1) is 18.9. The number of halogens is 1. The van der Waals surface area contributed by atoms with Gasteiger partial charge in [0.15, 0.2) is 0 Å². The lowest BCUT2D eigenvalue weighted by Gasteiger charge is -2.39. The largest absolute Gasteiger partial charge is 0.462 e. The highest BCUT2D eigenvalue weighted by atomic mass is 35.5. The summed E-state index contributed by atoms with van der Waals surface area (Å²) in [5, 5.41) is 22.0. The van der Waals surface area contributed by atoms with Crippen molar-refractivity contribution in [2.24, 2.45) is 0 Å². The molecule has 6 rings (SSSR count). The van der Waals surface area contributed by atoms with Gasteiger partial charge in [-0.3, -0.25) is 10.00 Å². The van der Waals surface area contributed by atoms with E-state index in [0.29, 0.717) is 38.0 Å². The fourth-order valence-corrected chi connectivity index (χ4v) is 6.64. The number of ether oxygens (including phenoxy) is 1. The Bertz CT molecular complexity index is 1400. The van der Waals surface area contributed by atoms with Crippen molar-refractivity contribution < 1.29 is 4.74 Å². The van der Waals surface area contributed by atoms with Crippen molar-refractivity contribution in [3.63, 3.8) is 0 Å².